The van der Waals surface area contributed by atoms with Crippen molar-refractivity contribution in [1.82, 2.24) is 0 Å². The van der Waals surface area contributed by atoms with Gasteiger partial charge in [-0.3, -0.25) is 0 Å². The Morgan fingerprint density at radius 3 is 1.47 bits per heavy atom. The SMILES string of the molecule is Cl[C@@H]1CCCC[C@@H]1S[C@@H]1CCCC[C@@H]1Cl. The van der Waals surface area contributed by atoms with Crippen molar-refractivity contribution in [3.8, 4) is 0 Å². The maximum atomic E-state index is 6.39. The van der Waals surface area contributed by atoms with E-state index in [1.54, 1.807) is 0 Å². The topological polar surface area (TPSA) is 0 Å². The van der Waals surface area contributed by atoms with Gasteiger partial charge in [0.1, 0.15) is 0 Å². The summed E-state index contributed by atoms with van der Waals surface area (Å²) < 4.78 is 0. The predicted molar refractivity (Wildman–Crippen MR) is 71.4 cm³/mol. The van der Waals surface area contributed by atoms with Crippen molar-refractivity contribution in [2.75, 3.05) is 0 Å². The molecule has 0 spiro atoms. The van der Waals surface area contributed by atoms with Crippen molar-refractivity contribution in [2.45, 2.75) is 72.6 Å². The third-order valence-corrected chi connectivity index (χ3v) is 6.76. The highest BCUT2D eigenvalue weighted by Crippen LogP contribution is 2.40. The van der Waals surface area contributed by atoms with Crippen molar-refractivity contribution in [1.29, 1.82) is 0 Å². The van der Waals surface area contributed by atoms with Crippen LogP contribution in [0.4, 0.5) is 0 Å². The van der Waals surface area contributed by atoms with Gasteiger partial charge in [-0.25, -0.2) is 0 Å². The Kier molecular flexibility index (Phi) is 4.98. The lowest BCUT2D eigenvalue weighted by Gasteiger charge is -2.33. The van der Waals surface area contributed by atoms with Crippen molar-refractivity contribution in [2.24, 2.45) is 0 Å². The summed E-state index contributed by atoms with van der Waals surface area (Å²) in [5, 5.41) is 2.14. The number of alkyl halides is 2. The van der Waals surface area contributed by atoms with E-state index in [2.05, 4.69) is 11.8 Å². The quantitative estimate of drug-likeness (QED) is 0.646. The molecule has 0 aromatic carbocycles. The standard InChI is InChI=1S/C12H20Cl2S/c13-9-5-1-3-7-11(9)15-12-8-4-2-6-10(12)14/h9-12H,1-8H2/t9-,10+,11+,12-. The lowest BCUT2D eigenvalue weighted by Crippen LogP contribution is -2.30. The van der Waals surface area contributed by atoms with Gasteiger partial charge in [-0.15, -0.1) is 23.2 Å². The second kappa shape index (κ2) is 6.02. The highest BCUT2D eigenvalue weighted by Gasteiger charge is 2.30. The van der Waals surface area contributed by atoms with Crippen LogP contribution in [0.15, 0.2) is 0 Å². The van der Waals surface area contributed by atoms with Crippen LogP contribution in [0.1, 0.15) is 51.4 Å². The average molecular weight is 267 g/mol. The van der Waals surface area contributed by atoms with Crippen LogP contribution in [0.5, 0.6) is 0 Å². The van der Waals surface area contributed by atoms with Crippen LogP contribution in [0, 0.1) is 0 Å². The van der Waals surface area contributed by atoms with Gasteiger partial charge in [0.25, 0.3) is 0 Å². The van der Waals surface area contributed by atoms with E-state index in [0.717, 1.165) is 0 Å². The van der Waals surface area contributed by atoms with Gasteiger partial charge >= 0.3 is 0 Å². The molecule has 0 amide bonds. The van der Waals surface area contributed by atoms with E-state index in [1.807, 2.05) is 0 Å². The van der Waals surface area contributed by atoms with Crippen molar-refractivity contribution in [3.63, 3.8) is 0 Å². The Bertz CT molecular complexity index is 178. The largest absolute Gasteiger partial charge is 0.152 e. The monoisotopic (exact) mass is 266 g/mol. The van der Waals surface area contributed by atoms with Gasteiger partial charge in [0, 0.05) is 21.3 Å². The molecule has 15 heavy (non-hydrogen) atoms. The van der Waals surface area contributed by atoms with Crippen LogP contribution < -0.4 is 0 Å². The third-order valence-electron chi connectivity index (χ3n) is 3.59. The van der Waals surface area contributed by atoms with E-state index in [0.29, 0.717) is 21.3 Å². The van der Waals surface area contributed by atoms with Gasteiger partial charge in [-0.05, 0) is 25.7 Å². The van der Waals surface area contributed by atoms with E-state index in [9.17, 15) is 0 Å². The molecule has 0 N–H and O–H groups in total. The summed E-state index contributed by atoms with van der Waals surface area (Å²) in [5.74, 6) is 0. The Hall–Kier alpha value is 0.930. The maximum Gasteiger partial charge on any atom is 0.0454 e. The van der Waals surface area contributed by atoms with Crippen LogP contribution in [0.25, 0.3) is 0 Å². The molecule has 0 radical (unpaired) electrons. The van der Waals surface area contributed by atoms with Crippen molar-refractivity contribution in [3.05, 3.63) is 0 Å². The fourth-order valence-electron chi connectivity index (χ4n) is 2.63. The molecule has 0 saturated heterocycles. The molecule has 2 aliphatic carbocycles. The first-order chi connectivity index (χ1) is 7.27. The third kappa shape index (κ3) is 3.44. The fourth-order valence-corrected chi connectivity index (χ4v) is 5.22. The second-order valence-corrected chi connectivity index (χ2v) is 7.42. The summed E-state index contributed by atoms with van der Waals surface area (Å²) in [4.78, 5) is 0. The smallest absolute Gasteiger partial charge is 0.0454 e. The molecule has 0 aromatic rings. The van der Waals surface area contributed by atoms with Crippen molar-refractivity contribution >= 4 is 35.0 Å². The van der Waals surface area contributed by atoms with E-state index in [1.165, 1.54) is 51.4 Å². The first kappa shape index (κ1) is 12.4. The first-order valence-corrected chi connectivity index (χ1v) is 8.02. The minimum absolute atomic E-state index is 0.398. The number of thioether (sulfide) groups is 1. The molecule has 88 valence electrons. The van der Waals surface area contributed by atoms with Gasteiger partial charge < -0.3 is 0 Å². The van der Waals surface area contributed by atoms with Crippen LogP contribution in [-0.4, -0.2) is 21.3 Å². The van der Waals surface area contributed by atoms with Crippen LogP contribution >= 0.6 is 35.0 Å². The lowest BCUT2D eigenvalue weighted by molar-refractivity contribution is 0.502. The molecular formula is C12H20Cl2S. The van der Waals surface area contributed by atoms with Crippen LogP contribution in [-0.2, 0) is 0 Å². The average Bonchev–Trinajstić information content (AvgIpc) is 2.24. The number of halogens is 2. The molecule has 2 rings (SSSR count). The molecule has 0 unspecified atom stereocenters. The van der Waals surface area contributed by atoms with Crippen LogP contribution in [0.3, 0.4) is 0 Å². The second-order valence-electron chi connectivity index (χ2n) is 4.81. The highest BCUT2D eigenvalue weighted by atomic mass is 35.5. The minimum Gasteiger partial charge on any atom is -0.152 e. The van der Waals surface area contributed by atoms with Gasteiger partial charge in [0.15, 0.2) is 0 Å². The molecule has 4 atom stereocenters. The Balaban J connectivity index is 1.83. The summed E-state index contributed by atoms with van der Waals surface area (Å²) in [6.07, 6.45) is 10.4. The van der Waals surface area contributed by atoms with Gasteiger partial charge in [-0.2, -0.15) is 11.8 Å². The van der Waals surface area contributed by atoms with Gasteiger partial charge in [0.05, 0.1) is 0 Å². The predicted octanol–water partition coefficient (Wildman–Crippen LogP) is 4.82. The summed E-state index contributed by atoms with van der Waals surface area (Å²) in [5.41, 5.74) is 0. The molecule has 0 aliphatic heterocycles. The zero-order valence-electron chi connectivity index (χ0n) is 9.13. The molecule has 0 nitrogen and oxygen atoms in total. The normalized spacial score (nSPS) is 42.8. The Morgan fingerprint density at radius 1 is 0.667 bits per heavy atom. The molecule has 0 heterocycles. The maximum absolute atomic E-state index is 6.39. The van der Waals surface area contributed by atoms with Crippen LogP contribution in [0.2, 0.25) is 0 Å². The van der Waals surface area contributed by atoms with E-state index in [4.69, 9.17) is 23.2 Å². The molecular weight excluding hydrogens is 247 g/mol. The molecule has 3 heteroatoms. The summed E-state index contributed by atoms with van der Waals surface area (Å²) >= 11 is 14.9. The minimum atomic E-state index is 0.398. The van der Waals surface area contributed by atoms with Gasteiger partial charge in [0.2, 0.25) is 0 Å². The molecule has 0 aromatic heterocycles. The summed E-state index contributed by atoms with van der Waals surface area (Å²) in [6.45, 7) is 0. The zero-order chi connectivity index (χ0) is 10.7. The fraction of sp³-hybridized carbons (Fsp3) is 1.00. The highest BCUT2D eigenvalue weighted by molar-refractivity contribution is 8.00. The molecule has 2 saturated carbocycles. The lowest BCUT2D eigenvalue weighted by atomic mass is 9.99. The van der Waals surface area contributed by atoms with E-state index in [-0.39, 0.29) is 0 Å². The Labute approximate surface area is 107 Å². The molecule has 2 fully saturated rings. The molecule has 2 aliphatic rings. The number of hydrogen-bond donors (Lipinski definition) is 0. The van der Waals surface area contributed by atoms with E-state index < -0.39 is 0 Å². The van der Waals surface area contributed by atoms with Gasteiger partial charge in [-0.1, -0.05) is 25.7 Å². The molecule has 0 bridgehead atoms. The zero-order valence-corrected chi connectivity index (χ0v) is 11.5. The Morgan fingerprint density at radius 2 is 1.07 bits per heavy atom. The number of hydrogen-bond acceptors (Lipinski definition) is 1. The summed E-state index contributed by atoms with van der Waals surface area (Å²) in [6, 6.07) is 0. The van der Waals surface area contributed by atoms with E-state index >= 15 is 0 Å². The first-order valence-electron chi connectivity index (χ1n) is 6.21. The number of rotatable bonds is 2. The van der Waals surface area contributed by atoms with Crippen molar-refractivity contribution < 1.29 is 0 Å². The summed E-state index contributed by atoms with van der Waals surface area (Å²) in [7, 11) is 0.